The van der Waals surface area contributed by atoms with E-state index in [0.717, 1.165) is 24.9 Å². The van der Waals surface area contributed by atoms with Crippen LogP contribution in [0.4, 0.5) is 0 Å². The highest BCUT2D eigenvalue weighted by atomic mass is 16.2. The van der Waals surface area contributed by atoms with E-state index in [1.54, 1.807) is 4.90 Å². The second-order valence-corrected chi connectivity index (χ2v) is 8.62. The number of nitriles is 1. The van der Waals surface area contributed by atoms with Crippen molar-refractivity contribution in [2.75, 3.05) is 19.6 Å². The first-order chi connectivity index (χ1) is 13.9. The SMILES string of the molecule is Cc1cccc([C@H](C)N2C(=O)[C@@H]3CC2CN3C[C@H](N)C(=O)N2CCC[C@H]2C#N)c1. The Balaban J connectivity index is 1.40. The number of aryl methyl sites for hydroxylation is 1. The number of carbonyl (C=O) groups excluding carboxylic acids is 2. The normalized spacial score (nSPS) is 28.6. The van der Waals surface area contributed by atoms with Crippen LogP contribution in [0.1, 0.15) is 43.4 Å². The van der Waals surface area contributed by atoms with Crippen molar-refractivity contribution in [3.63, 3.8) is 0 Å². The minimum Gasteiger partial charge on any atom is -0.330 e. The van der Waals surface area contributed by atoms with Crippen molar-refractivity contribution in [1.29, 1.82) is 5.26 Å². The molecule has 5 atom stereocenters. The Morgan fingerprint density at radius 1 is 1.41 bits per heavy atom. The topological polar surface area (TPSA) is 93.7 Å². The van der Waals surface area contributed by atoms with Crippen LogP contribution in [0.25, 0.3) is 0 Å². The molecule has 1 unspecified atom stereocenters. The number of fused-ring (bicyclic) bond motifs is 2. The maximum Gasteiger partial charge on any atom is 0.241 e. The lowest BCUT2D eigenvalue weighted by Gasteiger charge is -2.38. The number of nitrogens with two attached hydrogens (primary N) is 1. The molecule has 0 spiro atoms. The van der Waals surface area contributed by atoms with Crippen LogP contribution in [0.5, 0.6) is 0 Å². The molecule has 29 heavy (non-hydrogen) atoms. The Hall–Kier alpha value is -2.43. The number of benzene rings is 1. The molecular weight excluding hydrogens is 366 g/mol. The summed E-state index contributed by atoms with van der Waals surface area (Å²) in [5.74, 6) is -0.0414. The predicted molar refractivity (Wildman–Crippen MR) is 109 cm³/mol. The van der Waals surface area contributed by atoms with Gasteiger partial charge in [0.1, 0.15) is 6.04 Å². The van der Waals surface area contributed by atoms with E-state index in [1.165, 1.54) is 5.56 Å². The number of likely N-dealkylation sites (tertiary alicyclic amines) is 3. The molecule has 2 bridgehead atoms. The zero-order chi connectivity index (χ0) is 20.7. The van der Waals surface area contributed by atoms with E-state index in [9.17, 15) is 14.9 Å². The van der Waals surface area contributed by atoms with E-state index in [-0.39, 0.29) is 36.0 Å². The van der Waals surface area contributed by atoms with E-state index in [0.29, 0.717) is 19.5 Å². The van der Waals surface area contributed by atoms with Crippen molar-refractivity contribution < 1.29 is 9.59 Å². The van der Waals surface area contributed by atoms with Gasteiger partial charge in [-0.3, -0.25) is 14.5 Å². The first-order valence-electron chi connectivity index (χ1n) is 10.5. The molecule has 0 aromatic heterocycles. The number of amides is 2. The van der Waals surface area contributed by atoms with Crippen LogP contribution in [0.15, 0.2) is 24.3 Å². The lowest BCUT2D eigenvalue weighted by atomic mass is 10.0. The first-order valence-corrected chi connectivity index (χ1v) is 10.5. The van der Waals surface area contributed by atoms with Crippen LogP contribution >= 0.6 is 0 Å². The second kappa shape index (κ2) is 7.77. The van der Waals surface area contributed by atoms with Gasteiger partial charge in [0.25, 0.3) is 0 Å². The fraction of sp³-hybridized carbons (Fsp3) is 0.591. The van der Waals surface area contributed by atoms with Gasteiger partial charge in [-0.2, -0.15) is 5.26 Å². The third-order valence-corrected chi connectivity index (χ3v) is 6.69. The number of hydrogen-bond acceptors (Lipinski definition) is 5. The molecule has 3 fully saturated rings. The summed E-state index contributed by atoms with van der Waals surface area (Å²) in [6.07, 6.45) is 2.35. The van der Waals surface area contributed by atoms with Gasteiger partial charge in [0.05, 0.1) is 24.2 Å². The Bertz CT molecular complexity index is 850. The van der Waals surface area contributed by atoms with Crippen LogP contribution in [-0.4, -0.2) is 70.3 Å². The maximum atomic E-state index is 13.1. The molecule has 3 aliphatic rings. The minimum absolute atomic E-state index is 0.0378. The minimum atomic E-state index is -0.696. The lowest BCUT2D eigenvalue weighted by molar-refractivity contribution is -0.140. The quantitative estimate of drug-likeness (QED) is 0.808. The molecule has 1 aromatic carbocycles. The van der Waals surface area contributed by atoms with Gasteiger partial charge < -0.3 is 15.5 Å². The van der Waals surface area contributed by atoms with Gasteiger partial charge >= 0.3 is 0 Å². The number of rotatable bonds is 5. The van der Waals surface area contributed by atoms with Crippen molar-refractivity contribution in [3.8, 4) is 6.07 Å². The molecule has 3 heterocycles. The molecule has 0 radical (unpaired) electrons. The summed E-state index contributed by atoms with van der Waals surface area (Å²) >= 11 is 0. The Morgan fingerprint density at radius 3 is 2.90 bits per heavy atom. The molecule has 3 saturated heterocycles. The summed E-state index contributed by atoms with van der Waals surface area (Å²) in [5.41, 5.74) is 8.55. The summed E-state index contributed by atoms with van der Waals surface area (Å²) in [6.45, 7) is 5.85. The molecular formula is C22H29N5O2. The van der Waals surface area contributed by atoms with E-state index in [4.69, 9.17) is 5.73 Å². The Labute approximate surface area is 172 Å². The van der Waals surface area contributed by atoms with Gasteiger partial charge in [-0.05, 0) is 38.7 Å². The van der Waals surface area contributed by atoms with Gasteiger partial charge in [-0.15, -0.1) is 0 Å². The summed E-state index contributed by atoms with van der Waals surface area (Å²) in [6, 6.07) is 9.43. The fourth-order valence-corrected chi connectivity index (χ4v) is 5.20. The van der Waals surface area contributed by atoms with Gasteiger partial charge in [0, 0.05) is 25.7 Å². The van der Waals surface area contributed by atoms with Gasteiger partial charge in [-0.25, -0.2) is 0 Å². The third kappa shape index (κ3) is 3.52. The predicted octanol–water partition coefficient (Wildman–Crippen LogP) is 1.18. The largest absolute Gasteiger partial charge is 0.330 e. The molecule has 7 heteroatoms. The molecule has 2 amide bonds. The molecule has 0 aliphatic carbocycles. The van der Waals surface area contributed by atoms with Crippen LogP contribution in [0.3, 0.4) is 0 Å². The summed E-state index contributed by atoms with van der Waals surface area (Å²) in [4.78, 5) is 31.5. The molecule has 154 valence electrons. The summed E-state index contributed by atoms with van der Waals surface area (Å²) in [5, 5.41) is 9.22. The molecule has 7 nitrogen and oxygen atoms in total. The number of nitrogens with zero attached hydrogens (tertiary/aromatic N) is 4. The molecule has 0 saturated carbocycles. The van der Waals surface area contributed by atoms with Crippen LogP contribution < -0.4 is 5.73 Å². The second-order valence-electron chi connectivity index (χ2n) is 8.62. The highest BCUT2D eigenvalue weighted by Crippen LogP contribution is 2.38. The van der Waals surface area contributed by atoms with Crippen LogP contribution in [0, 0.1) is 18.3 Å². The zero-order valence-electron chi connectivity index (χ0n) is 17.1. The monoisotopic (exact) mass is 395 g/mol. The Morgan fingerprint density at radius 2 is 2.21 bits per heavy atom. The van der Waals surface area contributed by atoms with Crippen molar-refractivity contribution in [2.45, 2.75) is 63.3 Å². The van der Waals surface area contributed by atoms with E-state index < -0.39 is 6.04 Å². The maximum absolute atomic E-state index is 13.1. The molecule has 4 rings (SSSR count). The summed E-state index contributed by atoms with van der Waals surface area (Å²) < 4.78 is 0. The fourth-order valence-electron chi connectivity index (χ4n) is 5.20. The van der Waals surface area contributed by atoms with Crippen molar-refractivity contribution >= 4 is 11.8 Å². The molecule has 2 N–H and O–H groups in total. The zero-order valence-corrected chi connectivity index (χ0v) is 17.1. The van der Waals surface area contributed by atoms with Gasteiger partial charge in [0.2, 0.25) is 11.8 Å². The highest BCUT2D eigenvalue weighted by Gasteiger charge is 2.51. The first kappa shape index (κ1) is 19.9. The van der Waals surface area contributed by atoms with Crippen molar-refractivity contribution in [1.82, 2.24) is 14.7 Å². The molecule has 3 aliphatic heterocycles. The van der Waals surface area contributed by atoms with E-state index >= 15 is 0 Å². The summed E-state index contributed by atoms with van der Waals surface area (Å²) in [7, 11) is 0. The number of piperazine rings is 1. The number of carbonyl (C=O) groups is 2. The Kier molecular flexibility index (Phi) is 5.32. The van der Waals surface area contributed by atoms with Crippen molar-refractivity contribution in [3.05, 3.63) is 35.4 Å². The molecule has 1 aromatic rings. The van der Waals surface area contributed by atoms with E-state index in [1.807, 2.05) is 11.0 Å². The number of hydrogen-bond donors (Lipinski definition) is 1. The highest BCUT2D eigenvalue weighted by molar-refractivity contribution is 5.87. The lowest BCUT2D eigenvalue weighted by Crippen LogP contribution is -2.56. The van der Waals surface area contributed by atoms with Crippen molar-refractivity contribution in [2.24, 2.45) is 5.73 Å². The average molecular weight is 396 g/mol. The van der Waals surface area contributed by atoms with Crippen LogP contribution in [-0.2, 0) is 9.59 Å². The smallest absolute Gasteiger partial charge is 0.241 e. The third-order valence-electron chi connectivity index (χ3n) is 6.69. The van der Waals surface area contributed by atoms with E-state index in [2.05, 4.69) is 43.0 Å². The van der Waals surface area contributed by atoms with Gasteiger partial charge in [0.15, 0.2) is 0 Å². The standard InChI is InChI=1S/C22H29N5O2/c1-14-5-3-6-16(9-14)15(2)27-18-10-20(22(27)29)25(12-18)13-19(24)21(28)26-8-4-7-17(26)11-23/h3,5-6,9,15,17-20H,4,7-8,10,12-13,24H2,1-2H3/t15-,17-,18?,19-,20-/m0/s1. The van der Waals surface area contributed by atoms with Crippen LogP contribution in [0.2, 0.25) is 0 Å². The average Bonchev–Trinajstić information content (AvgIpc) is 3.41. The van der Waals surface area contributed by atoms with Gasteiger partial charge in [-0.1, -0.05) is 29.8 Å².